The number of nitrogens with two attached hydrogens (primary N) is 1. The quantitative estimate of drug-likeness (QED) is 0.494. The highest BCUT2D eigenvalue weighted by atomic mass is 32.2. The zero-order valence-electron chi connectivity index (χ0n) is 9.96. The molecule has 0 aliphatic carbocycles. The predicted octanol–water partition coefficient (Wildman–Crippen LogP) is 1.91. The highest BCUT2D eigenvalue weighted by Crippen LogP contribution is 2.30. The Morgan fingerprint density at radius 1 is 1.56 bits per heavy atom. The Balaban J connectivity index is 3.18. The summed E-state index contributed by atoms with van der Waals surface area (Å²) in [6.45, 7) is 6.12. The van der Waals surface area contributed by atoms with Gasteiger partial charge in [0.05, 0.1) is 5.69 Å². The van der Waals surface area contributed by atoms with Gasteiger partial charge in [-0.1, -0.05) is 20.8 Å². The monoisotopic (exact) mass is 259 g/mol. The number of nitrogen functional groups attached to an aromatic ring is 1. The number of thiazole rings is 1. The van der Waals surface area contributed by atoms with Crippen molar-refractivity contribution < 1.29 is 4.79 Å². The van der Waals surface area contributed by atoms with Crippen LogP contribution in [0.15, 0.2) is 0 Å². The number of nitrogens with one attached hydrogen (secondary N) is 1. The molecule has 0 bridgehead atoms. The van der Waals surface area contributed by atoms with Crippen molar-refractivity contribution in [2.24, 2.45) is 5.84 Å². The molecule has 0 unspecified atom stereocenters. The summed E-state index contributed by atoms with van der Waals surface area (Å²) in [7, 11) is 0. The molecular formula is C10H17N3OS2. The van der Waals surface area contributed by atoms with E-state index in [1.165, 1.54) is 11.3 Å². The number of hydrogen-bond acceptors (Lipinski definition) is 5. The summed E-state index contributed by atoms with van der Waals surface area (Å²) in [6, 6.07) is 0. The van der Waals surface area contributed by atoms with E-state index in [4.69, 9.17) is 5.84 Å². The number of amides is 1. The van der Waals surface area contributed by atoms with Crippen molar-refractivity contribution in [1.82, 2.24) is 10.4 Å². The highest BCUT2D eigenvalue weighted by molar-refractivity contribution is 7.97. The molecular weight excluding hydrogens is 242 g/mol. The maximum Gasteiger partial charge on any atom is 0.277 e. The minimum atomic E-state index is -0.255. The molecule has 0 radical (unpaired) electrons. The summed E-state index contributed by atoms with van der Waals surface area (Å²) in [4.78, 5) is 16.8. The molecule has 3 N–H and O–H groups in total. The number of nitrogens with zero attached hydrogens (tertiary/aromatic N) is 1. The van der Waals surface area contributed by atoms with Crippen LogP contribution in [-0.2, 0) is 11.2 Å². The number of rotatable bonds is 3. The van der Waals surface area contributed by atoms with Gasteiger partial charge in [-0.3, -0.25) is 10.2 Å². The molecule has 1 aromatic heterocycles. The minimum absolute atomic E-state index is 0.144. The zero-order valence-corrected chi connectivity index (χ0v) is 11.6. The largest absolute Gasteiger partial charge is 0.289 e. The van der Waals surface area contributed by atoms with E-state index in [1.807, 2.05) is 27.0 Å². The molecule has 6 heteroatoms. The fraction of sp³-hybridized carbons (Fsp3) is 0.600. The van der Waals surface area contributed by atoms with E-state index in [0.717, 1.165) is 16.5 Å². The van der Waals surface area contributed by atoms with Gasteiger partial charge in [-0.25, -0.2) is 10.8 Å². The number of thioether (sulfide) groups is 1. The van der Waals surface area contributed by atoms with Crippen molar-refractivity contribution in [1.29, 1.82) is 0 Å². The third-order valence-corrected chi connectivity index (χ3v) is 3.79. The molecule has 0 saturated carbocycles. The lowest BCUT2D eigenvalue weighted by Crippen LogP contribution is -2.31. The van der Waals surface area contributed by atoms with Gasteiger partial charge in [-0.15, -0.1) is 11.3 Å². The van der Waals surface area contributed by atoms with Crippen molar-refractivity contribution in [2.75, 3.05) is 6.26 Å². The van der Waals surface area contributed by atoms with Crippen LogP contribution in [0.3, 0.4) is 0 Å². The first-order valence-corrected chi connectivity index (χ1v) is 7.11. The number of aromatic nitrogens is 1. The SMILES string of the molecule is CSCc1nc(C(C)(C)C)c(C(=O)NN)s1. The van der Waals surface area contributed by atoms with Gasteiger partial charge >= 0.3 is 0 Å². The second-order valence-corrected chi connectivity index (χ2v) is 6.39. The molecule has 1 aromatic rings. The van der Waals surface area contributed by atoms with Crippen molar-refractivity contribution in [3.05, 3.63) is 15.6 Å². The van der Waals surface area contributed by atoms with E-state index in [9.17, 15) is 4.79 Å². The van der Waals surface area contributed by atoms with Gasteiger partial charge in [-0.2, -0.15) is 11.8 Å². The minimum Gasteiger partial charge on any atom is -0.289 e. The van der Waals surface area contributed by atoms with Crippen LogP contribution in [0.2, 0.25) is 0 Å². The molecule has 4 nitrogen and oxygen atoms in total. The summed E-state index contributed by atoms with van der Waals surface area (Å²) in [5, 5.41) is 0.969. The third-order valence-electron chi connectivity index (χ3n) is 1.99. The van der Waals surface area contributed by atoms with E-state index < -0.39 is 0 Å². The molecule has 0 saturated heterocycles. The van der Waals surface area contributed by atoms with Crippen LogP contribution in [0.25, 0.3) is 0 Å². The molecule has 0 spiro atoms. The van der Waals surface area contributed by atoms with Crippen LogP contribution in [0, 0.1) is 0 Å². The van der Waals surface area contributed by atoms with E-state index >= 15 is 0 Å². The smallest absolute Gasteiger partial charge is 0.277 e. The first kappa shape index (κ1) is 13.5. The van der Waals surface area contributed by atoms with Crippen molar-refractivity contribution in [3.8, 4) is 0 Å². The number of carbonyl (C=O) groups is 1. The Morgan fingerprint density at radius 2 is 2.19 bits per heavy atom. The molecule has 0 atom stereocenters. The molecule has 1 heterocycles. The second-order valence-electron chi connectivity index (χ2n) is 4.44. The first-order valence-electron chi connectivity index (χ1n) is 4.90. The lowest BCUT2D eigenvalue weighted by atomic mass is 9.91. The fourth-order valence-corrected chi connectivity index (χ4v) is 3.15. The summed E-state index contributed by atoms with van der Waals surface area (Å²) in [6.07, 6.45) is 2.01. The third kappa shape index (κ3) is 2.96. The Hall–Kier alpha value is -0.590. The van der Waals surface area contributed by atoms with Crippen LogP contribution >= 0.6 is 23.1 Å². The Bertz CT molecular complexity index is 382. The van der Waals surface area contributed by atoms with Crippen molar-refractivity contribution in [2.45, 2.75) is 31.9 Å². The molecule has 0 aliphatic heterocycles. The number of hydrazine groups is 1. The molecule has 0 aromatic carbocycles. The summed E-state index contributed by atoms with van der Waals surface area (Å²) in [5.41, 5.74) is 2.85. The van der Waals surface area contributed by atoms with Gasteiger partial charge in [0.15, 0.2) is 0 Å². The van der Waals surface area contributed by atoms with Crippen molar-refractivity contribution in [3.63, 3.8) is 0 Å². The lowest BCUT2D eigenvalue weighted by Gasteiger charge is -2.16. The van der Waals surface area contributed by atoms with E-state index in [0.29, 0.717) is 4.88 Å². The van der Waals surface area contributed by atoms with Gasteiger partial charge in [0.25, 0.3) is 5.91 Å². The zero-order chi connectivity index (χ0) is 12.3. The van der Waals surface area contributed by atoms with Gasteiger partial charge in [-0.05, 0) is 6.26 Å². The predicted molar refractivity (Wildman–Crippen MR) is 69.7 cm³/mol. The van der Waals surface area contributed by atoms with E-state index in [1.54, 1.807) is 11.8 Å². The van der Waals surface area contributed by atoms with Crippen LogP contribution < -0.4 is 11.3 Å². The fourth-order valence-electron chi connectivity index (χ4n) is 1.28. The van der Waals surface area contributed by atoms with E-state index in [2.05, 4.69) is 10.4 Å². The van der Waals surface area contributed by atoms with Gasteiger partial charge in [0.2, 0.25) is 0 Å². The summed E-state index contributed by atoms with van der Waals surface area (Å²) in [5.74, 6) is 5.74. The maximum absolute atomic E-state index is 11.6. The standard InChI is InChI=1S/C10H17N3OS2/c1-10(2,3)8-7(9(14)13-11)16-6(12-8)5-15-4/h5,11H2,1-4H3,(H,13,14). The Labute approximate surface area is 104 Å². The lowest BCUT2D eigenvalue weighted by molar-refractivity contribution is 0.0955. The first-order chi connectivity index (χ1) is 7.40. The van der Waals surface area contributed by atoms with Crippen LogP contribution in [0.4, 0.5) is 0 Å². The Kier molecular flexibility index (Phi) is 4.35. The number of hydrogen-bond donors (Lipinski definition) is 2. The molecule has 1 amide bonds. The Morgan fingerprint density at radius 3 is 2.62 bits per heavy atom. The maximum atomic E-state index is 11.6. The second kappa shape index (κ2) is 5.16. The highest BCUT2D eigenvalue weighted by Gasteiger charge is 2.26. The average Bonchev–Trinajstić information content (AvgIpc) is 2.61. The molecule has 0 fully saturated rings. The van der Waals surface area contributed by atoms with Gasteiger partial charge < -0.3 is 0 Å². The normalized spacial score (nSPS) is 11.6. The molecule has 90 valence electrons. The summed E-state index contributed by atoms with van der Waals surface area (Å²) < 4.78 is 0. The number of carbonyl (C=O) groups excluding carboxylic acids is 1. The van der Waals surface area contributed by atoms with Gasteiger partial charge in [0, 0.05) is 11.2 Å². The molecule has 1 rings (SSSR count). The van der Waals surface area contributed by atoms with Gasteiger partial charge in [0.1, 0.15) is 9.88 Å². The summed E-state index contributed by atoms with van der Waals surface area (Å²) >= 11 is 3.11. The molecule has 0 aliphatic rings. The average molecular weight is 259 g/mol. The van der Waals surface area contributed by atoms with E-state index in [-0.39, 0.29) is 11.3 Å². The van der Waals surface area contributed by atoms with Crippen LogP contribution in [-0.4, -0.2) is 17.1 Å². The topological polar surface area (TPSA) is 68.0 Å². The van der Waals surface area contributed by atoms with Crippen LogP contribution in [0.5, 0.6) is 0 Å². The van der Waals surface area contributed by atoms with Crippen molar-refractivity contribution >= 4 is 29.0 Å². The molecule has 16 heavy (non-hydrogen) atoms. The van der Waals surface area contributed by atoms with Crippen LogP contribution in [0.1, 0.15) is 41.1 Å².